The third kappa shape index (κ3) is 0.994. The van der Waals surface area contributed by atoms with Crippen LogP contribution in [-0.2, 0) is 0 Å². The van der Waals surface area contributed by atoms with Gasteiger partial charge < -0.3 is 0 Å². The van der Waals surface area contributed by atoms with Gasteiger partial charge in [-0.15, -0.1) is 0 Å². The highest BCUT2D eigenvalue weighted by Gasteiger charge is 2.64. The summed E-state index contributed by atoms with van der Waals surface area (Å²) in [6.07, 6.45) is 8.39. The van der Waals surface area contributed by atoms with Crippen molar-refractivity contribution in [3.05, 3.63) is 0 Å². The Bertz CT molecular complexity index is 256. The van der Waals surface area contributed by atoms with Crippen molar-refractivity contribution in [1.29, 1.82) is 0 Å². The molecule has 0 saturated heterocycles. The zero-order valence-electron chi connectivity index (χ0n) is 8.90. The van der Waals surface area contributed by atoms with Crippen LogP contribution in [0.1, 0.15) is 52.4 Å². The van der Waals surface area contributed by atoms with Gasteiger partial charge in [-0.1, -0.05) is 25.6 Å². The van der Waals surface area contributed by atoms with Crippen LogP contribution in [0.2, 0.25) is 5.31 Å². The Hall–Kier alpha value is 0.0649. The second-order valence-corrected chi connectivity index (χ2v) is 6.49. The highest BCUT2D eigenvalue weighted by atomic mass is 14.7. The van der Waals surface area contributed by atoms with Gasteiger partial charge in [0.05, 0.1) is 7.85 Å². The van der Waals surface area contributed by atoms with Gasteiger partial charge in [0.15, 0.2) is 0 Å². The molecular formula is C12H19B. The topological polar surface area (TPSA) is 0 Å². The highest BCUT2D eigenvalue weighted by molar-refractivity contribution is 6.18. The van der Waals surface area contributed by atoms with Gasteiger partial charge in [-0.25, -0.2) is 0 Å². The van der Waals surface area contributed by atoms with Crippen molar-refractivity contribution in [2.24, 2.45) is 16.7 Å². The van der Waals surface area contributed by atoms with Gasteiger partial charge in [0.2, 0.25) is 0 Å². The Morgan fingerprint density at radius 1 is 1.15 bits per heavy atom. The van der Waals surface area contributed by atoms with E-state index in [1.54, 1.807) is 0 Å². The quantitative estimate of drug-likeness (QED) is 0.535. The monoisotopic (exact) mass is 174 g/mol. The van der Waals surface area contributed by atoms with Crippen LogP contribution in [0.5, 0.6) is 0 Å². The van der Waals surface area contributed by atoms with Gasteiger partial charge in [0.1, 0.15) is 0 Å². The van der Waals surface area contributed by atoms with Gasteiger partial charge >= 0.3 is 0 Å². The SMILES string of the molecule is [B]C12CC(C3(C)CC3)CCC1(C)C2. The summed E-state index contributed by atoms with van der Waals surface area (Å²) >= 11 is 0. The third-order valence-electron chi connectivity index (χ3n) is 5.46. The van der Waals surface area contributed by atoms with Gasteiger partial charge in [0.25, 0.3) is 0 Å². The fraction of sp³-hybridized carbons (Fsp3) is 1.00. The minimum Gasteiger partial charge on any atom is -0.0600 e. The van der Waals surface area contributed by atoms with E-state index in [9.17, 15) is 0 Å². The summed E-state index contributed by atoms with van der Waals surface area (Å²) in [6, 6.07) is 0. The van der Waals surface area contributed by atoms with E-state index in [0.717, 1.165) is 5.92 Å². The molecular weight excluding hydrogens is 155 g/mol. The van der Waals surface area contributed by atoms with E-state index >= 15 is 0 Å². The van der Waals surface area contributed by atoms with Crippen LogP contribution in [0.15, 0.2) is 0 Å². The third-order valence-corrected chi connectivity index (χ3v) is 5.46. The summed E-state index contributed by atoms with van der Waals surface area (Å²) in [5.74, 6) is 0.952. The largest absolute Gasteiger partial charge is 0.0754 e. The van der Waals surface area contributed by atoms with Gasteiger partial charge in [-0.3, -0.25) is 0 Å². The first kappa shape index (κ1) is 8.38. The van der Waals surface area contributed by atoms with Gasteiger partial charge in [0, 0.05) is 0 Å². The molecule has 0 N–H and O–H groups in total. The molecule has 0 heterocycles. The van der Waals surface area contributed by atoms with Crippen molar-refractivity contribution >= 4 is 7.85 Å². The lowest BCUT2D eigenvalue weighted by atomic mass is 9.62. The Morgan fingerprint density at radius 2 is 1.85 bits per heavy atom. The van der Waals surface area contributed by atoms with E-state index in [1.807, 2.05) is 0 Å². The average molecular weight is 174 g/mol. The number of hydrogen-bond donors (Lipinski definition) is 0. The van der Waals surface area contributed by atoms with Gasteiger partial charge in [-0.05, 0) is 48.9 Å². The second-order valence-electron chi connectivity index (χ2n) is 6.49. The Labute approximate surface area is 82.9 Å². The molecule has 1 heteroatoms. The zero-order valence-corrected chi connectivity index (χ0v) is 8.90. The molecule has 2 radical (unpaired) electrons. The second kappa shape index (κ2) is 2.02. The van der Waals surface area contributed by atoms with Gasteiger partial charge in [-0.2, -0.15) is 0 Å². The molecule has 0 nitrogen and oxygen atoms in total. The lowest BCUT2D eigenvalue weighted by Gasteiger charge is -2.35. The van der Waals surface area contributed by atoms with Crippen LogP contribution in [0.3, 0.4) is 0 Å². The molecule has 0 aliphatic heterocycles. The van der Waals surface area contributed by atoms with Crippen LogP contribution >= 0.6 is 0 Å². The maximum atomic E-state index is 6.40. The van der Waals surface area contributed by atoms with E-state index < -0.39 is 0 Å². The van der Waals surface area contributed by atoms with E-state index in [-0.39, 0.29) is 5.31 Å². The molecule has 0 aromatic carbocycles. The van der Waals surface area contributed by atoms with Crippen molar-refractivity contribution in [2.45, 2.75) is 57.7 Å². The predicted molar refractivity (Wildman–Crippen MR) is 55.9 cm³/mol. The average Bonchev–Trinajstić information content (AvgIpc) is 2.87. The maximum Gasteiger partial charge on any atom is 0.0754 e. The molecule has 0 aromatic heterocycles. The Kier molecular flexibility index (Phi) is 1.30. The minimum absolute atomic E-state index is 0.252. The molecule has 0 amide bonds. The van der Waals surface area contributed by atoms with Crippen molar-refractivity contribution < 1.29 is 0 Å². The van der Waals surface area contributed by atoms with Crippen LogP contribution in [0.25, 0.3) is 0 Å². The molecule has 0 aromatic rings. The summed E-state index contributed by atoms with van der Waals surface area (Å²) < 4.78 is 0. The highest BCUT2D eigenvalue weighted by Crippen LogP contribution is 2.78. The van der Waals surface area contributed by atoms with Crippen LogP contribution < -0.4 is 0 Å². The molecule has 3 rings (SSSR count). The zero-order chi connectivity index (χ0) is 9.32. The van der Waals surface area contributed by atoms with Crippen LogP contribution in [0.4, 0.5) is 0 Å². The lowest BCUT2D eigenvalue weighted by Crippen LogP contribution is -2.24. The molecule has 70 valence electrons. The molecule has 0 bridgehead atoms. The first-order valence-electron chi connectivity index (χ1n) is 5.77. The summed E-state index contributed by atoms with van der Waals surface area (Å²) in [5.41, 5.74) is 1.24. The Morgan fingerprint density at radius 3 is 2.38 bits per heavy atom. The molecule has 0 spiro atoms. The molecule has 3 unspecified atom stereocenters. The van der Waals surface area contributed by atoms with E-state index in [2.05, 4.69) is 13.8 Å². The maximum absolute atomic E-state index is 6.40. The lowest BCUT2D eigenvalue weighted by molar-refractivity contribution is 0.208. The molecule has 3 aliphatic rings. The smallest absolute Gasteiger partial charge is 0.0600 e. The number of rotatable bonds is 1. The normalized spacial score (nSPS) is 56.9. The molecule has 3 aliphatic carbocycles. The fourth-order valence-electron chi connectivity index (χ4n) is 3.54. The van der Waals surface area contributed by atoms with Crippen molar-refractivity contribution in [2.75, 3.05) is 0 Å². The summed E-state index contributed by atoms with van der Waals surface area (Å²) in [7, 11) is 6.40. The van der Waals surface area contributed by atoms with Crippen LogP contribution in [-0.4, -0.2) is 7.85 Å². The minimum atomic E-state index is 0.252. The Balaban J connectivity index is 1.76. The standard InChI is InChI=1S/C12H19B/c1-10(5-6-10)9-3-4-11(2)8-12(11,13)7-9/h9H,3-8H2,1-2H3. The van der Waals surface area contributed by atoms with Crippen molar-refractivity contribution in [3.63, 3.8) is 0 Å². The molecule has 3 saturated carbocycles. The first-order valence-corrected chi connectivity index (χ1v) is 5.77. The van der Waals surface area contributed by atoms with E-state index in [0.29, 0.717) is 10.8 Å². The number of hydrogen-bond acceptors (Lipinski definition) is 0. The molecule has 3 atom stereocenters. The van der Waals surface area contributed by atoms with Crippen molar-refractivity contribution in [3.8, 4) is 0 Å². The predicted octanol–water partition coefficient (Wildman–Crippen LogP) is 3.32. The van der Waals surface area contributed by atoms with Crippen molar-refractivity contribution in [1.82, 2.24) is 0 Å². The number of fused-ring (bicyclic) bond motifs is 1. The molecule has 3 fully saturated rings. The fourth-order valence-corrected chi connectivity index (χ4v) is 3.54. The van der Waals surface area contributed by atoms with E-state index in [4.69, 9.17) is 7.85 Å². The summed E-state index contributed by atoms with van der Waals surface area (Å²) in [4.78, 5) is 0. The van der Waals surface area contributed by atoms with E-state index in [1.165, 1.54) is 38.5 Å². The summed E-state index contributed by atoms with van der Waals surface area (Å²) in [6.45, 7) is 4.85. The summed E-state index contributed by atoms with van der Waals surface area (Å²) in [5, 5.41) is 0.252. The van der Waals surface area contributed by atoms with Crippen LogP contribution in [0, 0.1) is 16.7 Å². The molecule has 13 heavy (non-hydrogen) atoms. The first-order chi connectivity index (χ1) is 5.98.